The Kier molecular flexibility index (Phi) is 7.02. The molecule has 1 heterocycles. The van der Waals surface area contributed by atoms with E-state index in [1.807, 2.05) is 0 Å². The van der Waals surface area contributed by atoms with E-state index in [9.17, 15) is 14.4 Å². The zero-order chi connectivity index (χ0) is 14.3. The van der Waals surface area contributed by atoms with E-state index in [0.29, 0.717) is 12.0 Å². The molecular weight excluding hydrogens is 268 g/mol. The molecule has 1 aromatic heterocycles. The number of hydrogen-bond donors (Lipinski definition) is 2. The van der Waals surface area contributed by atoms with E-state index in [-0.39, 0.29) is 16.6 Å². The van der Waals surface area contributed by atoms with Crippen LogP contribution in [0, 0.1) is 0 Å². The Bertz CT molecular complexity index is 539. The highest BCUT2D eigenvalue weighted by Crippen LogP contribution is 2.07. The third kappa shape index (κ3) is 4.75. The average molecular weight is 280 g/mol. The van der Waals surface area contributed by atoms with Crippen LogP contribution in [0.2, 0.25) is 0 Å². The monoisotopic (exact) mass is 280 g/mol. The number of benzene rings is 1. The van der Waals surface area contributed by atoms with Gasteiger partial charge in [-0.2, -0.15) is 0 Å². The molecule has 7 nitrogen and oxygen atoms in total. The number of furan rings is 1. The molecule has 0 saturated carbocycles. The summed E-state index contributed by atoms with van der Waals surface area (Å²) in [5.41, 5.74) is -0.380. The van der Waals surface area contributed by atoms with Crippen LogP contribution in [-0.4, -0.2) is 33.9 Å². The fraction of sp³-hybridized carbons (Fsp3) is 0. The van der Waals surface area contributed by atoms with Gasteiger partial charge in [0.1, 0.15) is 0 Å². The lowest BCUT2D eigenvalue weighted by molar-refractivity contribution is 0.0651. The molecule has 0 fully saturated rings. The van der Waals surface area contributed by atoms with E-state index in [4.69, 9.17) is 10.2 Å². The summed E-state index contributed by atoms with van der Waals surface area (Å²) in [5, 5.41) is 17.1. The van der Waals surface area contributed by atoms with Crippen molar-refractivity contribution in [3.8, 4) is 0 Å². The molecule has 0 aliphatic heterocycles. The molecule has 7 heteroatoms. The molecular formula is C13H12O7. The van der Waals surface area contributed by atoms with E-state index in [2.05, 4.69) is 4.42 Å². The molecule has 20 heavy (non-hydrogen) atoms. The van der Waals surface area contributed by atoms with Crippen molar-refractivity contribution in [1.82, 2.24) is 0 Å². The first-order chi connectivity index (χ1) is 9.06. The molecule has 0 atom stereocenters. The zero-order valence-corrected chi connectivity index (χ0v) is 10.1. The second-order valence-corrected chi connectivity index (χ2v) is 3.29. The zero-order valence-electron chi connectivity index (χ0n) is 10.1. The summed E-state index contributed by atoms with van der Waals surface area (Å²) in [6, 6.07) is 8.75. The Morgan fingerprint density at radius 1 is 0.950 bits per heavy atom. The first kappa shape index (κ1) is 17.1. The van der Waals surface area contributed by atoms with Crippen LogP contribution in [0.5, 0.6) is 0 Å². The number of carbonyl (C=O) groups excluding carboxylic acids is 1. The highest BCUT2D eigenvalue weighted by Gasteiger charge is 2.13. The predicted molar refractivity (Wildman–Crippen MR) is 68.1 cm³/mol. The quantitative estimate of drug-likeness (QED) is 0.814. The summed E-state index contributed by atoms with van der Waals surface area (Å²) in [7, 11) is 0. The Labute approximate surface area is 113 Å². The summed E-state index contributed by atoms with van der Waals surface area (Å²) in [5.74, 6) is -2.08. The maximum atomic E-state index is 10.5. The van der Waals surface area contributed by atoms with Gasteiger partial charge in [-0.15, -0.1) is 0 Å². The van der Waals surface area contributed by atoms with Crippen LogP contribution in [0.25, 0.3) is 0 Å². The van der Waals surface area contributed by atoms with Gasteiger partial charge >= 0.3 is 11.9 Å². The van der Waals surface area contributed by atoms with Crippen molar-refractivity contribution in [1.29, 1.82) is 0 Å². The first-order valence-corrected chi connectivity index (χ1v) is 5.10. The summed E-state index contributed by atoms with van der Waals surface area (Å²) >= 11 is 0. The lowest BCUT2D eigenvalue weighted by Gasteiger charge is -1.98. The topological polar surface area (TPSA) is 136 Å². The maximum Gasteiger partial charge on any atom is 0.336 e. The summed E-state index contributed by atoms with van der Waals surface area (Å²) in [6.45, 7) is 0. The van der Waals surface area contributed by atoms with Crippen LogP contribution in [0.4, 0.5) is 0 Å². The smallest absolute Gasteiger partial charge is 0.336 e. The summed E-state index contributed by atoms with van der Waals surface area (Å²) < 4.78 is 4.61. The molecule has 2 rings (SSSR count). The fourth-order valence-corrected chi connectivity index (χ4v) is 1.21. The van der Waals surface area contributed by atoms with Crippen LogP contribution >= 0.6 is 0 Å². The van der Waals surface area contributed by atoms with Crippen molar-refractivity contribution in [2.75, 3.05) is 0 Å². The van der Waals surface area contributed by atoms with Crippen LogP contribution in [0.1, 0.15) is 31.3 Å². The molecule has 0 radical (unpaired) electrons. The predicted octanol–water partition coefficient (Wildman–Crippen LogP) is 1.35. The second kappa shape index (κ2) is 8.22. The molecule has 106 valence electrons. The van der Waals surface area contributed by atoms with Crippen LogP contribution < -0.4 is 0 Å². The maximum absolute atomic E-state index is 10.5. The summed E-state index contributed by atoms with van der Waals surface area (Å²) in [4.78, 5) is 30.7. The fourth-order valence-electron chi connectivity index (χ4n) is 1.21. The van der Waals surface area contributed by atoms with Crippen molar-refractivity contribution < 1.29 is 34.5 Å². The minimum atomic E-state index is -1.23. The highest BCUT2D eigenvalue weighted by molar-refractivity contribution is 6.01. The van der Waals surface area contributed by atoms with E-state index >= 15 is 0 Å². The van der Waals surface area contributed by atoms with Crippen molar-refractivity contribution in [3.63, 3.8) is 0 Å². The molecule has 0 aliphatic carbocycles. The number of hydrogen-bond acceptors (Lipinski definition) is 4. The molecule has 0 saturated heterocycles. The largest absolute Gasteiger partial charge is 0.478 e. The van der Waals surface area contributed by atoms with Gasteiger partial charge in [0, 0.05) is 0 Å². The van der Waals surface area contributed by atoms with Gasteiger partial charge in [-0.05, 0) is 24.3 Å². The standard InChI is InChI=1S/C8H6O4.C5H4O2.H2O/c9-7(10)5-3-1-2-4-6(5)8(11)12;6-4-5-2-1-3-7-5;/h1-4H,(H,9,10)(H,11,12);1-4H;1H2. The lowest BCUT2D eigenvalue weighted by Crippen LogP contribution is -2.06. The van der Waals surface area contributed by atoms with E-state index in [1.165, 1.54) is 30.5 Å². The van der Waals surface area contributed by atoms with Gasteiger partial charge in [-0.1, -0.05) is 12.1 Å². The summed E-state index contributed by atoms with van der Waals surface area (Å²) in [6.07, 6.45) is 2.13. The van der Waals surface area contributed by atoms with Crippen LogP contribution in [0.15, 0.2) is 47.1 Å². The minimum Gasteiger partial charge on any atom is -0.478 e. The number of carbonyl (C=O) groups is 3. The Morgan fingerprint density at radius 2 is 1.45 bits per heavy atom. The van der Waals surface area contributed by atoms with Gasteiger partial charge in [-0.3, -0.25) is 4.79 Å². The Balaban J connectivity index is 0.000000387. The molecule has 0 amide bonds. The normalized spacial score (nSPS) is 8.60. The minimum absolute atomic E-state index is 0. The van der Waals surface area contributed by atoms with Crippen molar-refractivity contribution in [2.45, 2.75) is 0 Å². The first-order valence-electron chi connectivity index (χ1n) is 5.10. The molecule has 0 spiro atoms. The van der Waals surface area contributed by atoms with Gasteiger partial charge in [0.15, 0.2) is 12.0 Å². The average Bonchev–Trinajstić information content (AvgIpc) is 2.92. The molecule has 0 aliphatic rings. The third-order valence-electron chi connectivity index (χ3n) is 2.05. The molecule has 0 unspecified atom stereocenters. The highest BCUT2D eigenvalue weighted by atomic mass is 16.4. The van der Waals surface area contributed by atoms with Gasteiger partial charge < -0.3 is 20.1 Å². The van der Waals surface area contributed by atoms with Crippen LogP contribution in [0.3, 0.4) is 0 Å². The molecule has 4 N–H and O–H groups in total. The molecule has 0 bridgehead atoms. The third-order valence-corrected chi connectivity index (χ3v) is 2.05. The van der Waals surface area contributed by atoms with E-state index in [0.717, 1.165) is 0 Å². The number of aromatic carboxylic acids is 2. The van der Waals surface area contributed by atoms with Crippen molar-refractivity contribution in [3.05, 3.63) is 59.5 Å². The Hall–Kier alpha value is -2.93. The number of carboxylic acids is 2. The number of rotatable bonds is 3. The number of aldehydes is 1. The van der Waals surface area contributed by atoms with Crippen molar-refractivity contribution >= 4 is 18.2 Å². The van der Waals surface area contributed by atoms with E-state index in [1.54, 1.807) is 12.1 Å². The van der Waals surface area contributed by atoms with Gasteiger partial charge in [0.2, 0.25) is 0 Å². The van der Waals surface area contributed by atoms with Gasteiger partial charge in [0.05, 0.1) is 17.4 Å². The van der Waals surface area contributed by atoms with Gasteiger partial charge in [-0.25, -0.2) is 9.59 Å². The lowest BCUT2D eigenvalue weighted by atomic mass is 10.1. The number of carboxylic acid groups (broad SMARTS) is 2. The Morgan fingerprint density at radius 3 is 1.70 bits per heavy atom. The molecule has 1 aromatic carbocycles. The van der Waals surface area contributed by atoms with Gasteiger partial charge in [0.25, 0.3) is 0 Å². The SMILES string of the molecule is O.O=C(O)c1ccccc1C(=O)O.O=Cc1ccco1. The van der Waals surface area contributed by atoms with Crippen LogP contribution in [-0.2, 0) is 0 Å². The molecule has 2 aromatic rings. The van der Waals surface area contributed by atoms with Crippen molar-refractivity contribution in [2.24, 2.45) is 0 Å². The second-order valence-electron chi connectivity index (χ2n) is 3.29. The van der Waals surface area contributed by atoms with E-state index < -0.39 is 11.9 Å².